The molecule has 6 heteroatoms. The average Bonchev–Trinajstić information content (AvgIpc) is 3.28. The van der Waals surface area contributed by atoms with Crippen molar-refractivity contribution in [3.8, 4) is 22.6 Å². The number of anilines is 2. The first-order valence-corrected chi connectivity index (χ1v) is 19.0. The van der Waals surface area contributed by atoms with Crippen LogP contribution in [0.5, 0.6) is 11.5 Å². The monoisotopic (exact) mass is 756 g/mol. The first kappa shape index (κ1) is 37.2. The molecule has 58 heavy (non-hydrogen) atoms. The zero-order chi connectivity index (χ0) is 39.8. The number of rotatable bonds is 11. The van der Waals surface area contributed by atoms with E-state index >= 15 is 0 Å². The highest BCUT2D eigenvalue weighted by atomic mass is 16.5. The molecule has 0 spiro atoms. The molecule has 0 radical (unpaired) electrons. The molecular weight excluding hydrogens is 717 g/mol. The molecule has 0 atom stereocenters. The summed E-state index contributed by atoms with van der Waals surface area (Å²) in [6.45, 7) is 0. The Hall–Kier alpha value is -7.70. The zero-order valence-corrected chi connectivity index (χ0v) is 32.1. The third-order valence-electron chi connectivity index (χ3n) is 10.1. The summed E-state index contributed by atoms with van der Waals surface area (Å²) in [5.74, 6) is 1.04. The molecule has 0 unspecified atom stereocenters. The molecule has 0 aliphatic heterocycles. The van der Waals surface area contributed by atoms with Crippen LogP contribution in [0.4, 0.5) is 11.4 Å². The summed E-state index contributed by atoms with van der Waals surface area (Å²) in [6.07, 6.45) is 8.55. The fraction of sp³-hybridized carbons (Fsp3) is 0.0385. The highest BCUT2D eigenvalue weighted by molar-refractivity contribution is 6.11. The van der Waals surface area contributed by atoms with Crippen molar-refractivity contribution >= 4 is 69.0 Å². The first-order chi connectivity index (χ1) is 28.4. The van der Waals surface area contributed by atoms with Crippen molar-refractivity contribution in [3.63, 3.8) is 0 Å². The van der Waals surface area contributed by atoms with E-state index in [0.717, 1.165) is 54.9 Å². The van der Waals surface area contributed by atoms with Crippen molar-refractivity contribution in [3.05, 3.63) is 203 Å². The Labute approximate surface area is 337 Å². The van der Waals surface area contributed by atoms with Gasteiger partial charge in [0, 0.05) is 22.5 Å². The number of fused-ring (bicyclic) bond motifs is 2. The predicted molar refractivity (Wildman–Crippen MR) is 240 cm³/mol. The second kappa shape index (κ2) is 17.0. The minimum absolute atomic E-state index is 0.182. The van der Waals surface area contributed by atoms with Crippen LogP contribution in [0.1, 0.15) is 43.0 Å². The van der Waals surface area contributed by atoms with Crippen molar-refractivity contribution < 1.29 is 19.1 Å². The summed E-state index contributed by atoms with van der Waals surface area (Å²) in [4.78, 5) is 25.7. The van der Waals surface area contributed by atoms with Gasteiger partial charge in [0.05, 0.1) is 14.2 Å². The van der Waals surface area contributed by atoms with E-state index in [9.17, 15) is 9.59 Å². The molecule has 2 amide bonds. The molecule has 0 bridgehead atoms. The van der Waals surface area contributed by atoms with Crippen LogP contribution >= 0.6 is 0 Å². The second-order valence-corrected chi connectivity index (χ2v) is 13.8. The number of amides is 2. The number of hydrogen-bond acceptors (Lipinski definition) is 4. The van der Waals surface area contributed by atoms with Gasteiger partial charge in [-0.15, -0.1) is 0 Å². The third kappa shape index (κ3) is 8.27. The number of nitrogens with one attached hydrogen (secondary N) is 2. The highest BCUT2D eigenvalue weighted by Crippen LogP contribution is 2.40. The molecule has 8 rings (SSSR count). The second-order valence-electron chi connectivity index (χ2n) is 13.8. The lowest BCUT2D eigenvalue weighted by atomic mass is 9.86. The molecule has 2 N–H and O–H groups in total. The average molecular weight is 757 g/mol. The van der Waals surface area contributed by atoms with Crippen molar-refractivity contribution in [2.24, 2.45) is 0 Å². The van der Waals surface area contributed by atoms with E-state index in [0.29, 0.717) is 34.0 Å². The topological polar surface area (TPSA) is 76.7 Å². The predicted octanol–water partition coefficient (Wildman–Crippen LogP) is 12.5. The van der Waals surface area contributed by atoms with Gasteiger partial charge >= 0.3 is 0 Å². The van der Waals surface area contributed by atoms with Crippen LogP contribution in [-0.4, -0.2) is 26.0 Å². The Kier molecular flexibility index (Phi) is 10.9. The molecule has 8 aromatic rings. The number of ether oxygens (including phenoxy) is 2. The van der Waals surface area contributed by atoms with Gasteiger partial charge in [0.15, 0.2) is 0 Å². The molecule has 0 saturated heterocycles. The Balaban J connectivity index is 1.09. The van der Waals surface area contributed by atoms with Crippen molar-refractivity contribution in [1.29, 1.82) is 0 Å². The van der Waals surface area contributed by atoms with Crippen molar-refractivity contribution in [2.45, 2.75) is 0 Å². The molecule has 0 aliphatic rings. The molecule has 0 aromatic heterocycles. The standard InChI is InChI=1S/C52H40N2O4/c1-57-45-31-23-41(24-32-45)51(55)53-43-27-13-35(14-28-43)11-17-39-21-19-37-7-3-5-9-47(37)49(39)50-40(22-20-38-8-4-6-10-48(38)50)18-12-36-15-29-44(30-16-36)54-52(56)42-25-33-46(58-2)34-26-42/h3-34H,1-2H3,(H,53,55)(H,54,56)/b17-11-,18-12-. The summed E-state index contributed by atoms with van der Waals surface area (Å²) in [6, 6.07) is 55.5. The smallest absolute Gasteiger partial charge is 0.255 e. The van der Waals surface area contributed by atoms with Crippen LogP contribution < -0.4 is 20.1 Å². The summed E-state index contributed by atoms with van der Waals surface area (Å²) in [5.41, 5.74) is 9.00. The van der Waals surface area contributed by atoms with Crippen LogP contribution in [0, 0.1) is 0 Å². The van der Waals surface area contributed by atoms with Gasteiger partial charge in [-0.3, -0.25) is 9.59 Å². The number of carbonyl (C=O) groups excluding carboxylic acids is 2. The lowest BCUT2D eigenvalue weighted by Crippen LogP contribution is -2.11. The number of carbonyl (C=O) groups is 2. The van der Waals surface area contributed by atoms with Crippen molar-refractivity contribution in [2.75, 3.05) is 24.9 Å². The van der Waals surface area contributed by atoms with Crippen LogP contribution in [-0.2, 0) is 0 Å². The zero-order valence-electron chi connectivity index (χ0n) is 32.1. The van der Waals surface area contributed by atoms with Crippen LogP contribution in [0.25, 0.3) is 57.0 Å². The third-order valence-corrected chi connectivity index (χ3v) is 10.1. The molecular formula is C52H40N2O4. The molecule has 282 valence electrons. The SMILES string of the molecule is COc1ccc(C(=O)Nc2ccc(/C=C\c3ccc4ccccc4c3-c3c(/C=C\c4ccc(NC(=O)c5ccc(OC)cc5)cc4)ccc4ccccc34)cc2)cc1. The van der Waals surface area contributed by atoms with Gasteiger partial charge < -0.3 is 20.1 Å². The molecule has 0 saturated carbocycles. The van der Waals surface area contributed by atoms with Gasteiger partial charge in [-0.05, 0) is 128 Å². The van der Waals surface area contributed by atoms with Crippen LogP contribution in [0.15, 0.2) is 170 Å². The van der Waals surface area contributed by atoms with Crippen LogP contribution in [0.2, 0.25) is 0 Å². The first-order valence-electron chi connectivity index (χ1n) is 19.0. The van der Waals surface area contributed by atoms with Gasteiger partial charge in [-0.2, -0.15) is 0 Å². The minimum atomic E-state index is -0.182. The van der Waals surface area contributed by atoms with E-state index in [2.05, 4.69) is 108 Å². The van der Waals surface area contributed by atoms with E-state index in [1.807, 2.05) is 48.5 Å². The Bertz CT molecular complexity index is 2610. The summed E-state index contributed by atoms with van der Waals surface area (Å²) in [7, 11) is 3.20. The maximum atomic E-state index is 12.9. The molecule has 8 aromatic carbocycles. The lowest BCUT2D eigenvalue weighted by Gasteiger charge is -2.17. The van der Waals surface area contributed by atoms with E-state index in [1.165, 1.54) is 0 Å². The quantitative estimate of drug-likeness (QED) is 0.129. The summed E-state index contributed by atoms with van der Waals surface area (Å²) in [5, 5.41) is 10.6. The van der Waals surface area contributed by atoms with Gasteiger partial charge in [-0.1, -0.05) is 121 Å². The summed E-state index contributed by atoms with van der Waals surface area (Å²) < 4.78 is 10.4. The molecule has 6 nitrogen and oxygen atoms in total. The number of benzene rings is 8. The normalized spacial score (nSPS) is 11.3. The number of hydrogen-bond donors (Lipinski definition) is 2. The largest absolute Gasteiger partial charge is 0.497 e. The van der Waals surface area contributed by atoms with Gasteiger partial charge in [-0.25, -0.2) is 0 Å². The van der Waals surface area contributed by atoms with E-state index in [1.54, 1.807) is 62.8 Å². The van der Waals surface area contributed by atoms with Crippen molar-refractivity contribution in [1.82, 2.24) is 0 Å². The van der Waals surface area contributed by atoms with Gasteiger partial charge in [0.1, 0.15) is 11.5 Å². The highest BCUT2D eigenvalue weighted by Gasteiger charge is 2.16. The fourth-order valence-electron chi connectivity index (χ4n) is 7.03. The maximum absolute atomic E-state index is 12.9. The van der Waals surface area contributed by atoms with E-state index in [4.69, 9.17) is 9.47 Å². The van der Waals surface area contributed by atoms with Crippen LogP contribution in [0.3, 0.4) is 0 Å². The minimum Gasteiger partial charge on any atom is -0.497 e. The molecule has 0 aliphatic carbocycles. The Morgan fingerprint density at radius 1 is 0.414 bits per heavy atom. The van der Waals surface area contributed by atoms with E-state index in [-0.39, 0.29) is 11.8 Å². The number of methoxy groups -OCH3 is 2. The van der Waals surface area contributed by atoms with Gasteiger partial charge in [0.2, 0.25) is 0 Å². The lowest BCUT2D eigenvalue weighted by molar-refractivity contribution is 0.101. The van der Waals surface area contributed by atoms with Gasteiger partial charge in [0.25, 0.3) is 11.8 Å². The fourth-order valence-corrected chi connectivity index (χ4v) is 7.03. The Morgan fingerprint density at radius 3 is 1.17 bits per heavy atom. The summed E-state index contributed by atoms with van der Waals surface area (Å²) >= 11 is 0. The van der Waals surface area contributed by atoms with E-state index < -0.39 is 0 Å². The Morgan fingerprint density at radius 2 is 0.793 bits per heavy atom. The molecule has 0 fully saturated rings. The maximum Gasteiger partial charge on any atom is 0.255 e. The molecule has 0 heterocycles.